The fourth-order valence-electron chi connectivity index (χ4n) is 3.99. The van der Waals surface area contributed by atoms with Gasteiger partial charge in [0.1, 0.15) is 0 Å². The van der Waals surface area contributed by atoms with Crippen molar-refractivity contribution in [1.82, 2.24) is 9.88 Å². The third-order valence-electron chi connectivity index (χ3n) is 5.28. The Kier molecular flexibility index (Phi) is 4.38. The van der Waals surface area contributed by atoms with E-state index in [1.807, 2.05) is 21.9 Å². The highest BCUT2D eigenvalue weighted by Crippen LogP contribution is 2.34. The first kappa shape index (κ1) is 16.1. The minimum atomic E-state index is -0.299. The van der Waals surface area contributed by atoms with Crippen molar-refractivity contribution < 1.29 is 9.18 Å². The molecule has 1 aromatic heterocycles. The third kappa shape index (κ3) is 3.11. The molecule has 2 aliphatic rings. The molecule has 1 aliphatic heterocycles. The number of carbonyl (C=O) groups excluding carboxylic acids is 1. The Labute approximate surface area is 147 Å². The summed E-state index contributed by atoms with van der Waals surface area (Å²) >= 11 is 0. The average Bonchev–Trinajstić information content (AvgIpc) is 2.91. The minimum Gasteiger partial charge on any atom is -0.352 e. The van der Waals surface area contributed by atoms with Crippen LogP contribution in [-0.2, 0) is 11.2 Å². The van der Waals surface area contributed by atoms with Gasteiger partial charge in [0.15, 0.2) is 11.6 Å². The van der Waals surface area contributed by atoms with Crippen molar-refractivity contribution in [2.24, 2.45) is 0 Å². The Balaban J connectivity index is 1.46. The maximum Gasteiger partial charge on any atom is 0.230 e. The van der Waals surface area contributed by atoms with E-state index in [4.69, 9.17) is 0 Å². The largest absolute Gasteiger partial charge is 0.352 e. The lowest BCUT2D eigenvalue weighted by Gasteiger charge is -2.25. The van der Waals surface area contributed by atoms with E-state index in [0.717, 1.165) is 32.4 Å². The predicted molar refractivity (Wildman–Crippen MR) is 95.1 cm³/mol. The molecule has 130 valence electrons. The Bertz CT molecular complexity index is 779. The highest BCUT2D eigenvalue weighted by Gasteiger charge is 2.32. The minimum absolute atomic E-state index is 0.0191. The van der Waals surface area contributed by atoms with Gasteiger partial charge in [-0.15, -0.1) is 0 Å². The number of fused-ring (bicyclic) bond motifs is 1. The molecule has 25 heavy (non-hydrogen) atoms. The molecule has 4 nitrogen and oxygen atoms in total. The molecule has 1 atom stereocenters. The zero-order valence-electron chi connectivity index (χ0n) is 14.2. The monoisotopic (exact) mass is 339 g/mol. The van der Waals surface area contributed by atoms with E-state index in [9.17, 15) is 9.18 Å². The van der Waals surface area contributed by atoms with E-state index in [-0.39, 0.29) is 17.6 Å². The van der Waals surface area contributed by atoms with Gasteiger partial charge in [0.2, 0.25) is 5.91 Å². The van der Waals surface area contributed by atoms with E-state index < -0.39 is 0 Å². The van der Waals surface area contributed by atoms with Crippen molar-refractivity contribution in [1.29, 1.82) is 0 Å². The standard InChI is InChI=1S/C20H22FN3O/c21-18-7-3-10-22-19(18)23-11-4-12-24(14-13-23)20(25)17-9-8-15-5-1-2-6-16(15)17/h1-3,5-7,10,17H,4,8-9,11-14H2. The third-order valence-corrected chi connectivity index (χ3v) is 5.28. The molecular formula is C20H22FN3O. The number of nitrogens with zero attached hydrogens (tertiary/aromatic N) is 3. The number of hydrogen-bond donors (Lipinski definition) is 0. The van der Waals surface area contributed by atoms with Crippen molar-refractivity contribution in [2.75, 3.05) is 31.1 Å². The predicted octanol–water partition coefficient (Wildman–Crippen LogP) is 2.99. The molecule has 1 aliphatic carbocycles. The van der Waals surface area contributed by atoms with Crippen molar-refractivity contribution in [2.45, 2.75) is 25.2 Å². The maximum atomic E-state index is 14.0. The molecule has 1 aromatic carbocycles. The highest BCUT2D eigenvalue weighted by atomic mass is 19.1. The smallest absolute Gasteiger partial charge is 0.230 e. The van der Waals surface area contributed by atoms with Crippen LogP contribution in [0.2, 0.25) is 0 Å². The van der Waals surface area contributed by atoms with E-state index in [1.54, 1.807) is 12.3 Å². The van der Waals surface area contributed by atoms with Gasteiger partial charge in [0.05, 0.1) is 5.92 Å². The van der Waals surface area contributed by atoms with Gasteiger partial charge >= 0.3 is 0 Å². The lowest BCUT2D eigenvalue weighted by Crippen LogP contribution is -2.38. The van der Waals surface area contributed by atoms with Crippen LogP contribution in [0.3, 0.4) is 0 Å². The zero-order valence-corrected chi connectivity index (χ0v) is 14.2. The van der Waals surface area contributed by atoms with Crippen molar-refractivity contribution in [3.63, 3.8) is 0 Å². The number of benzene rings is 1. The molecule has 0 N–H and O–H groups in total. The normalized spacial score (nSPS) is 20.3. The first-order chi connectivity index (χ1) is 12.2. The van der Waals surface area contributed by atoms with Crippen LogP contribution >= 0.6 is 0 Å². The highest BCUT2D eigenvalue weighted by molar-refractivity contribution is 5.85. The number of aryl methyl sites for hydroxylation is 1. The molecule has 1 saturated heterocycles. The zero-order chi connectivity index (χ0) is 17.2. The summed E-state index contributed by atoms with van der Waals surface area (Å²) in [4.78, 5) is 21.1. The summed E-state index contributed by atoms with van der Waals surface area (Å²) in [7, 11) is 0. The topological polar surface area (TPSA) is 36.4 Å². The van der Waals surface area contributed by atoms with E-state index in [0.29, 0.717) is 18.9 Å². The van der Waals surface area contributed by atoms with Crippen LogP contribution < -0.4 is 4.90 Å². The van der Waals surface area contributed by atoms with Crippen LogP contribution in [0.15, 0.2) is 42.6 Å². The second-order valence-electron chi connectivity index (χ2n) is 6.76. The van der Waals surface area contributed by atoms with Crippen LogP contribution in [0.4, 0.5) is 10.2 Å². The van der Waals surface area contributed by atoms with Crippen LogP contribution in [0.5, 0.6) is 0 Å². The quantitative estimate of drug-likeness (QED) is 0.844. The molecule has 1 fully saturated rings. The van der Waals surface area contributed by atoms with Gasteiger partial charge in [-0.1, -0.05) is 24.3 Å². The Morgan fingerprint density at radius 2 is 1.96 bits per heavy atom. The molecule has 0 radical (unpaired) electrons. The lowest BCUT2D eigenvalue weighted by atomic mass is 10.00. The maximum absolute atomic E-state index is 14.0. The first-order valence-corrected chi connectivity index (χ1v) is 8.96. The van der Waals surface area contributed by atoms with Crippen LogP contribution in [0, 0.1) is 5.82 Å². The van der Waals surface area contributed by atoms with E-state index in [1.165, 1.54) is 17.2 Å². The lowest BCUT2D eigenvalue weighted by molar-refractivity contribution is -0.132. The van der Waals surface area contributed by atoms with Gasteiger partial charge in [-0.25, -0.2) is 9.37 Å². The fraction of sp³-hybridized carbons (Fsp3) is 0.400. The number of halogens is 1. The number of anilines is 1. The summed E-state index contributed by atoms with van der Waals surface area (Å²) in [5.41, 5.74) is 2.48. The van der Waals surface area contributed by atoms with E-state index in [2.05, 4.69) is 17.1 Å². The molecule has 0 bridgehead atoms. The van der Waals surface area contributed by atoms with Crippen molar-refractivity contribution in [3.8, 4) is 0 Å². The molecule has 1 unspecified atom stereocenters. The van der Waals surface area contributed by atoms with Gasteiger partial charge in [-0.05, 0) is 42.5 Å². The first-order valence-electron chi connectivity index (χ1n) is 8.96. The Hall–Kier alpha value is -2.43. The molecule has 1 amide bonds. The van der Waals surface area contributed by atoms with Gasteiger partial charge in [0, 0.05) is 32.4 Å². The average molecular weight is 339 g/mol. The SMILES string of the molecule is O=C(C1CCc2ccccc21)N1CCCN(c2ncccc2F)CC1. The Morgan fingerprint density at radius 3 is 2.84 bits per heavy atom. The summed E-state index contributed by atoms with van der Waals surface area (Å²) in [6.45, 7) is 2.68. The molecule has 0 saturated carbocycles. The molecule has 2 heterocycles. The summed E-state index contributed by atoms with van der Waals surface area (Å²) in [6.07, 6.45) is 4.32. The fourth-order valence-corrected chi connectivity index (χ4v) is 3.99. The number of aromatic nitrogens is 1. The second kappa shape index (κ2) is 6.82. The van der Waals surface area contributed by atoms with E-state index >= 15 is 0 Å². The van der Waals surface area contributed by atoms with Crippen molar-refractivity contribution >= 4 is 11.7 Å². The summed E-state index contributed by atoms with van der Waals surface area (Å²) in [5, 5.41) is 0. The number of amides is 1. The number of carbonyl (C=O) groups is 1. The van der Waals surface area contributed by atoms with Crippen molar-refractivity contribution in [3.05, 3.63) is 59.5 Å². The second-order valence-corrected chi connectivity index (χ2v) is 6.76. The molecule has 4 rings (SSSR count). The molecule has 5 heteroatoms. The number of rotatable bonds is 2. The molecule has 2 aromatic rings. The van der Waals surface area contributed by atoms with Gasteiger partial charge in [0.25, 0.3) is 0 Å². The Morgan fingerprint density at radius 1 is 1.08 bits per heavy atom. The van der Waals surface area contributed by atoms with Gasteiger partial charge < -0.3 is 9.80 Å². The summed E-state index contributed by atoms with van der Waals surface area (Å²) in [6, 6.07) is 11.3. The molecule has 0 spiro atoms. The van der Waals surface area contributed by atoms with Crippen LogP contribution in [0.1, 0.15) is 29.9 Å². The summed E-state index contributed by atoms with van der Waals surface area (Å²) < 4.78 is 14.0. The summed E-state index contributed by atoms with van der Waals surface area (Å²) in [5.74, 6) is 0.289. The number of pyridine rings is 1. The molecular weight excluding hydrogens is 317 g/mol. The van der Waals surface area contributed by atoms with Crippen LogP contribution in [0.25, 0.3) is 0 Å². The van der Waals surface area contributed by atoms with Gasteiger partial charge in [-0.2, -0.15) is 0 Å². The van der Waals surface area contributed by atoms with Crippen LogP contribution in [-0.4, -0.2) is 42.0 Å². The van der Waals surface area contributed by atoms with Gasteiger partial charge in [-0.3, -0.25) is 4.79 Å². The number of hydrogen-bond acceptors (Lipinski definition) is 3.